The minimum atomic E-state index is -0.475. The summed E-state index contributed by atoms with van der Waals surface area (Å²) in [5, 5.41) is 11.8. The van der Waals surface area contributed by atoms with Crippen LogP contribution in [-0.2, 0) is 14.3 Å². The van der Waals surface area contributed by atoms with E-state index in [4.69, 9.17) is 9.94 Å². The van der Waals surface area contributed by atoms with E-state index < -0.39 is 6.09 Å². The first kappa shape index (κ1) is 21.7. The summed E-state index contributed by atoms with van der Waals surface area (Å²) < 4.78 is 4.83. The van der Waals surface area contributed by atoms with E-state index >= 15 is 0 Å². The number of nitrogens with one attached hydrogen (secondary N) is 2. The molecule has 0 radical (unpaired) electrons. The van der Waals surface area contributed by atoms with Gasteiger partial charge >= 0.3 is 6.09 Å². The van der Waals surface area contributed by atoms with E-state index in [0.717, 1.165) is 40.3 Å². The first-order valence-corrected chi connectivity index (χ1v) is 11.5. The molecule has 8 heteroatoms. The van der Waals surface area contributed by atoms with Gasteiger partial charge in [-0.15, -0.1) is 23.1 Å². The van der Waals surface area contributed by atoms with Crippen LogP contribution in [0.5, 0.6) is 0 Å². The maximum absolute atomic E-state index is 11.9. The largest absolute Gasteiger partial charge is 0.447 e. The van der Waals surface area contributed by atoms with Crippen LogP contribution in [0.2, 0.25) is 0 Å². The Morgan fingerprint density at radius 3 is 2.76 bits per heavy atom. The zero-order valence-electron chi connectivity index (χ0n) is 16.6. The van der Waals surface area contributed by atoms with Crippen molar-refractivity contribution in [1.29, 1.82) is 0 Å². The minimum absolute atomic E-state index is 0.182. The predicted molar refractivity (Wildman–Crippen MR) is 118 cm³/mol. The van der Waals surface area contributed by atoms with Gasteiger partial charge in [0.2, 0.25) is 5.91 Å². The molecule has 0 bridgehead atoms. The molecule has 0 spiro atoms. The van der Waals surface area contributed by atoms with Crippen LogP contribution < -0.4 is 10.8 Å². The van der Waals surface area contributed by atoms with Crippen LogP contribution in [0.3, 0.4) is 0 Å². The molecular weight excluding hydrogens is 408 g/mol. The Hall–Kier alpha value is -2.03. The molecule has 0 unspecified atom stereocenters. The highest BCUT2D eigenvalue weighted by atomic mass is 32.2. The molecule has 1 aliphatic heterocycles. The summed E-state index contributed by atoms with van der Waals surface area (Å²) in [5.74, 6) is 0.646. The van der Waals surface area contributed by atoms with Crippen LogP contribution in [0.15, 0.2) is 36.4 Å². The Bertz CT molecular complexity index is 860. The van der Waals surface area contributed by atoms with Gasteiger partial charge in [0.25, 0.3) is 0 Å². The number of carbonyl (C=O) groups is 2. The van der Waals surface area contributed by atoms with E-state index in [1.54, 1.807) is 42.4 Å². The number of ether oxygens (including phenoxy) is 1. The third kappa shape index (κ3) is 5.52. The normalized spacial score (nSPS) is 19.0. The van der Waals surface area contributed by atoms with Gasteiger partial charge in [-0.2, -0.15) is 0 Å². The van der Waals surface area contributed by atoms with Gasteiger partial charge in [-0.3, -0.25) is 15.3 Å². The van der Waals surface area contributed by atoms with Crippen molar-refractivity contribution in [3.05, 3.63) is 41.3 Å². The van der Waals surface area contributed by atoms with E-state index in [0.29, 0.717) is 5.69 Å². The van der Waals surface area contributed by atoms with E-state index in [-0.39, 0.29) is 23.2 Å². The van der Waals surface area contributed by atoms with Crippen LogP contribution in [0.25, 0.3) is 10.4 Å². The molecular formula is C21H26N2O4S2. The summed E-state index contributed by atoms with van der Waals surface area (Å²) in [6, 6.07) is 11.8. The van der Waals surface area contributed by atoms with Gasteiger partial charge in [0.05, 0.1) is 10.9 Å². The molecule has 3 rings (SSSR count). The monoisotopic (exact) mass is 434 g/mol. The van der Waals surface area contributed by atoms with Gasteiger partial charge in [0.1, 0.15) is 0 Å². The summed E-state index contributed by atoms with van der Waals surface area (Å²) in [6.45, 7) is 3.61. The molecule has 0 aliphatic carbocycles. The number of amides is 2. The lowest BCUT2D eigenvalue weighted by atomic mass is 9.94. The van der Waals surface area contributed by atoms with Crippen molar-refractivity contribution in [2.24, 2.45) is 0 Å². The second kappa shape index (κ2) is 9.65. The number of rotatable bonds is 6. The first-order valence-electron chi connectivity index (χ1n) is 9.67. The Morgan fingerprint density at radius 2 is 2.07 bits per heavy atom. The zero-order valence-corrected chi connectivity index (χ0v) is 18.2. The van der Waals surface area contributed by atoms with E-state index in [1.807, 2.05) is 24.3 Å². The molecule has 2 amide bonds. The van der Waals surface area contributed by atoms with Crippen LogP contribution in [-0.4, -0.2) is 29.1 Å². The van der Waals surface area contributed by atoms with E-state index in [1.165, 1.54) is 0 Å². The number of hydrogen-bond acceptors (Lipinski definition) is 6. The van der Waals surface area contributed by atoms with Gasteiger partial charge in [-0.25, -0.2) is 10.3 Å². The number of benzene rings is 1. The molecule has 1 saturated heterocycles. The summed E-state index contributed by atoms with van der Waals surface area (Å²) in [4.78, 5) is 26.0. The third-order valence-electron chi connectivity index (χ3n) is 4.72. The Kier molecular flexibility index (Phi) is 7.21. The van der Waals surface area contributed by atoms with Gasteiger partial charge in [0, 0.05) is 21.9 Å². The first-order chi connectivity index (χ1) is 13.9. The van der Waals surface area contributed by atoms with E-state index in [2.05, 4.69) is 17.4 Å². The highest BCUT2D eigenvalue weighted by Gasteiger charge is 2.38. The fourth-order valence-corrected chi connectivity index (χ4v) is 6.31. The molecule has 2 aromatic rings. The Morgan fingerprint density at radius 1 is 1.24 bits per heavy atom. The zero-order chi connectivity index (χ0) is 20.9. The van der Waals surface area contributed by atoms with Crippen molar-refractivity contribution in [2.75, 3.05) is 11.1 Å². The van der Waals surface area contributed by atoms with Crippen molar-refractivity contribution in [2.45, 2.75) is 50.4 Å². The lowest BCUT2D eigenvalue weighted by molar-refractivity contribution is -0.129. The highest BCUT2D eigenvalue weighted by Crippen LogP contribution is 2.50. The third-order valence-corrected chi connectivity index (χ3v) is 7.80. The molecule has 0 saturated carbocycles. The van der Waals surface area contributed by atoms with Crippen molar-refractivity contribution < 1.29 is 19.5 Å². The molecule has 156 valence electrons. The number of carbonyl (C=O) groups excluding carboxylic acids is 2. The lowest BCUT2D eigenvalue weighted by Gasteiger charge is -2.35. The molecule has 29 heavy (non-hydrogen) atoms. The number of thiophene rings is 1. The molecule has 6 nitrogen and oxygen atoms in total. The molecule has 1 aromatic carbocycles. The lowest BCUT2D eigenvalue weighted by Crippen LogP contribution is -2.32. The highest BCUT2D eigenvalue weighted by molar-refractivity contribution is 8.00. The number of anilines is 1. The Balaban J connectivity index is 1.82. The number of hydroxylamine groups is 1. The summed E-state index contributed by atoms with van der Waals surface area (Å²) in [5.41, 5.74) is 3.45. The molecule has 2 heterocycles. The molecule has 1 aromatic heterocycles. The number of thioether (sulfide) groups is 1. The van der Waals surface area contributed by atoms with Crippen LogP contribution in [0.1, 0.15) is 44.4 Å². The fraction of sp³-hybridized carbons (Fsp3) is 0.429. The van der Waals surface area contributed by atoms with Gasteiger partial charge < -0.3 is 4.74 Å². The molecule has 1 aliphatic rings. The maximum Gasteiger partial charge on any atom is 0.411 e. The van der Waals surface area contributed by atoms with Crippen LogP contribution in [0, 0.1) is 0 Å². The summed E-state index contributed by atoms with van der Waals surface area (Å²) in [6.07, 6.45) is 2.72. The van der Waals surface area contributed by atoms with Crippen molar-refractivity contribution >= 4 is 40.8 Å². The number of hydrogen-bond donors (Lipinski definition) is 3. The van der Waals surface area contributed by atoms with Crippen molar-refractivity contribution in [3.8, 4) is 10.4 Å². The summed E-state index contributed by atoms with van der Waals surface area (Å²) in [7, 11) is 0. The molecule has 3 N–H and O–H groups in total. The molecule has 1 atom stereocenters. The van der Waals surface area contributed by atoms with Crippen LogP contribution >= 0.6 is 23.1 Å². The van der Waals surface area contributed by atoms with Gasteiger partial charge in [-0.1, -0.05) is 18.6 Å². The standard InChI is InChI=1S/C21H26N2O4S2/c1-14(2)27-20(25)22-16-7-5-6-15(12-16)17-8-9-18(29-17)21(13-19(24)23-26)10-3-4-11-28-21/h5-9,12,14,26H,3-4,10-11,13H2,1-2H3,(H,22,25)(H,23,24)/t21-/m0/s1. The maximum atomic E-state index is 11.9. The second-order valence-corrected chi connectivity index (χ2v) is 9.90. The Labute approximate surface area is 179 Å². The molecule has 1 fully saturated rings. The SMILES string of the molecule is CC(C)OC(=O)Nc1cccc(-c2ccc([C@@]3(CC(=O)NO)CCCCS3)s2)c1. The predicted octanol–water partition coefficient (Wildman–Crippen LogP) is 5.38. The van der Waals surface area contributed by atoms with Crippen LogP contribution in [0.4, 0.5) is 10.5 Å². The smallest absolute Gasteiger partial charge is 0.411 e. The average Bonchev–Trinajstić information content (AvgIpc) is 3.19. The minimum Gasteiger partial charge on any atom is -0.447 e. The fourth-order valence-electron chi connectivity index (χ4n) is 3.42. The average molecular weight is 435 g/mol. The van der Waals surface area contributed by atoms with Crippen molar-refractivity contribution in [1.82, 2.24) is 5.48 Å². The topological polar surface area (TPSA) is 87.7 Å². The van der Waals surface area contributed by atoms with Crippen molar-refractivity contribution in [3.63, 3.8) is 0 Å². The van der Waals surface area contributed by atoms with Gasteiger partial charge in [0.15, 0.2) is 0 Å². The summed E-state index contributed by atoms with van der Waals surface area (Å²) >= 11 is 3.45. The quantitative estimate of drug-likeness (QED) is 0.420. The van der Waals surface area contributed by atoms with Gasteiger partial charge in [-0.05, 0) is 62.3 Å². The second-order valence-electron chi connectivity index (χ2n) is 7.34. The van der Waals surface area contributed by atoms with E-state index in [9.17, 15) is 9.59 Å².